The molecular formula is C17H32N4O3. The molecule has 0 aliphatic carbocycles. The molecule has 2 rings (SSSR count). The van der Waals surface area contributed by atoms with E-state index in [4.69, 9.17) is 15.3 Å². The Kier molecular flexibility index (Phi) is 6.46. The van der Waals surface area contributed by atoms with Crippen LogP contribution in [0.4, 0.5) is 0 Å². The first-order valence-electron chi connectivity index (χ1n) is 8.90. The first kappa shape index (κ1) is 19.0. The van der Waals surface area contributed by atoms with Gasteiger partial charge in [-0.3, -0.25) is 9.69 Å². The van der Waals surface area contributed by atoms with Crippen LogP contribution in [0.1, 0.15) is 47.0 Å². The van der Waals surface area contributed by atoms with E-state index in [-0.39, 0.29) is 30.2 Å². The molecule has 0 spiro atoms. The molecule has 0 aromatic carbocycles. The molecule has 2 fully saturated rings. The summed E-state index contributed by atoms with van der Waals surface area (Å²) in [6.07, 6.45) is 3.27. The molecule has 1 amide bonds. The zero-order valence-corrected chi connectivity index (χ0v) is 15.5. The summed E-state index contributed by atoms with van der Waals surface area (Å²) in [5, 5.41) is 3.92. The van der Waals surface area contributed by atoms with Crippen molar-refractivity contribution in [1.82, 2.24) is 9.80 Å². The molecule has 2 aliphatic heterocycles. The summed E-state index contributed by atoms with van der Waals surface area (Å²) in [7, 11) is 0. The lowest BCUT2D eigenvalue weighted by molar-refractivity contribution is -0.142. The van der Waals surface area contributed by atoms with Crippen LogP contribution in [0.2, 0.25) is 0 Å². The highest BCUT2D eigenvalue weighted by molar-refractivity contribution is 5.82. The highest BCUT2D eigenvalue weighted by atomic mass is 16.6. The van der Waals surface area contributed by atoms with Crippen LogP contribution in [-0.4, -0.2) is 72.1 Å². The molecule has 7 nitrogen and oxygen atoms in total. The fraction of sp³-hybridized carbons (Fsp3) is 0.882. The van der Waals surface area contributed by atoms with Gasteiger partial charge >= 0.3 is 0 Å². The minimum Gasteiger partial charge on any atom is -0.384 e. The molecule has 138 valence electrons. The van der Waals surface area contributed by atoms with E-state index in [1.165, 1.54) is 6.42 Å². The van der Waals surface area contributed by atoms with Crippen LogP contribution in [0.25, 0.3) is 0 Å². The summed E-state index contributed by atoms with van der Waals surface area (Å²) in [4.78, 5) is 21.7. The van der Waals surface area contributed by atoms with Crippen LogP contribution in [-0.2, 0) is 14.4 Å². The molecule has 0 aromatic heterocycles. The number of ether oxygens (including phenoxy) is 1. The normalized spacial score (nSPS) is 28.7. The average molecular weight is 340 g/mol. The van der Waals surface area contributed by atoms with Gasteiger partial charge in [0.1, 0.15) is 0 Å². The average Bonchev–Trinajstić information content (AvgIpc) is 2.45. The number of nitrogens with two attached hydrogens (primary N) is 1. The van der Waals surface area contributed by atoms with Crippen molar-refractivity contribution < 1.29 is 14.4 Å². The number of morpholine rings is 1. The fourth-order valence-electron chi connectivity index (χ4n) is 3.66. The van der Waals surface area contributed by atoms with Gasteiger partial charge in [0, 0.05) is 25.2 Å². The minimum atomic E-state index is -0.171. The lowest BCUT2D eigenvalue weighted by Gasteiger charge is -2.38. The Morgan fingerprint density at radius 1 is 1.33 bits per heavy atom. The third-order valence-corrected chi connectivity index (χ3v) is 4.74. The Morgan fingerprint density at radius 2 is 2.00 bits per heavy atom. The van der Waals surface area contributed by atoms with Crippen LogP contribution < -0.4 is 5.73 Å². The zero-order chi connectivity index (χ0) is 17.7. The SMILES string of the molecule is C[C@@H]1CCC[C@@H](C)N1C(=O)CO/N=C(\N)CN1CCOC(C)(C)C1. The van der Waals surface area contributed by atoms with Crippen molar-refractivity contribution in [3.8, 4) is 0 Å². The van der Waals surface area contributed by atoms with E-state index >= 15 is 0 Å². The van der Waals surface area contributed by atoms with E-state index < -0.39 is 0 Å². The maximum Gasteiger partial charge on any atom is 0.263 e. The van der Waals surface area contributed by atoms with Crippen LogP contribution in [0.15, 0.2) is 5.16 Å². The lowest BCUT2D eigenvalue weighted by Crippen LogP contribution is -2.50. The van der Waals surface area contributed by atoms with Crippen LogP contribution in [0.5, 0.6) is 0 Å². The van der Waals surface area contributed by atoms with Crippen molar-refractivity contribution in [2.45, 2.75) is 64.6 Å². The minimum absolute atomic E-state index is 0.0150. The Bertz CT molecular complexity index is 457. The Hall–Kier alpha value is -1.34. The largest absolute Gasteiger partial charge is 0.384 e. The van der Waals surface area contributed by atoms with Gasteiger partial charge in [-0.2, -0.15) is 0 Å². The van der Waals surface area contributed by atoms with Gasteiger partial charge in [-0.05, 0) is 47.0 Å². The highest BCUT2D eigenvalue weighted by Gasteiger charge is 2.29. The van der Waals surface area contributed by atoms with Gasteiger partial charge in [0.25, 0.3) is 5.91 Å². The van der Waals surface area contributed by atoms with Gasteiger partial charge in [-0.25, -0.2) is 0 Å². The fourth-order valence-corrected chi connectivity index (χ4v) is 3.66. The van der Waals surface area contributed by atoms with Crippen molar-refractivity contribution in [3.05, 3.63) is 0 Å². The van der Waals surface area contributed by atoms with Gasteiger partial charge in [-0.1, -0.05) is 5.16 Å². The second kappa shape index (κ2) is 8.16. The maximum absolute atomic E-state index is 12.3. The number of amidine groups is 1. The van der Waals surface area contributed by atoms with Gasteiger partial charge in [0.2, 0.25) is 0 Å². The molecule has 2 N–H and O–H groups in total. The Morgan fingerprint density at radius 3 is 2.62 bits per heavy atom. The van der Waals surface area contributed by atoms with E-state index in [9.17, 15) is 4.79 Å². The van der Waals surface area contributed by atoms with Crippen molar-refractivity contribution in [3.63, 3.8) is 0 Å². The van der Waals surface area contributed by atoms with Crippen LogP contribution in [0.3, 0.4) is 0 Å². The third-order valence-electron chi connectivity index (χ3n) is 4.74. The quantitative estimate of drug-likeness (QED) is 0.462. The molecule has 2 saturated heterocycles. The van der Waals surface area contributed by atoms with Crippen LogP contribution >= 0.6 is 0 Å². The van der Waals surface area contributed by atoms with Gasteiger partial charge in [-0.15, -0.1) is 0 Å². The number of carbonyl (C=O) groups excluding carboxylic acids is 1. The number of oxime groups is 1. The maximum atomic E-state index is 12.3. The molecule has 2 heterocycles. The number of nitrogens with zero attached hydrogens (tertiary/aromatic N) is 3. The summed E-state index contributed by atoms with van der Waals surface area (Å²) >= 11 is 0. The molecule has 2 atom stereocenters. The van der Waals surface area contributed by atoms with E-state index in [2.05, 4.69) is 37.8 Å². The summed E-state index contributed by atoms with van der Waals surface area (Å²) in [5.74, 6) is 0.374. The van der Waals surface area contributed by atoms with Crippen molar-refractivity contribution >= 4 is 11.7 Å². The first-order valence-corrected chi connectivity index (χ1v) is 8.90. The molecule has 0 radical (unpaired) electrons. The Balaban J connectivity index is 1.77. The number of rotatable bonds is 5. The molecule has 0 unspecified atom stereocenters. The van der Waals surface area contributed by atoms with Crippen molar-refractivity contribution in [2.75, 3.05) is 32.8 Å². The highest BCUT2D eigenvalue weighted by Crippen LogP contribution is 2.22. The first-order chi connectivity index (χ1) is 11.3. The van der Waals surface area contributed by atoms with Gasteiger partial charge in [0.15, 0.2) is 12.4 Å². The molecule has 0 saturated carbocycles. The number of amides is 1. The van der Waals surface area contributed by atoms with Crippen molar-refractivity contribution in [1.29, 1.82) is 0 Å². The summed E-state index contributed by atoms with van der Waals surface area (Å²) < 4.78 is 5.67. The second-order valence-electron chi connectivity index (χ2n) is 7.60. The van der Waals surface area contributed by atoms with Gasteiger partial charge < -0.3 is 20.2 Å². The summed E-state index contributed by atoms with van der Waals surface area (Å²) in [5.41, 5.74) is 5.76. The molecule has 24 heavy (non-hydrogen) atoms. The predicted molar refractivity (Wildman–Crippen MR) is 93.7 cm³/mol. The molecule has 2 aliphatic rings. The predicted octanol–water partition coefficient (Wildman–Crippen LogP) is 1.18. The summed E-state index contributed by atoms with van der Waals surface area (Å²) in [6.45, 7) is 11.1. The third kappa shape index (κ3) is 5.34. The standard InChI is InChI=1S/C17H32N4O3/c1-13-6-5-7-14(2)21(13)16(22)11-24-19-15(18)10-20-8-9-23-17(3,4)12-20/h13-14H,5-12H2,1-4H3,(H2,18,19)/t13-,14-/m1/s1. The van der Waals surface area contributed by atoms with Gasteiger partial charge in [0.05, 0.1) is 18.8 Å². The lowest BCUT2D eigenvalue weighted by atomic mass is 9.97. The molecule has 7 heteroatoms. The number of carbonyl (C=O) groups is 1. The molecular weight excluding hydrogens is 308 g/mol. The van der Waals surface area contributed by atoms with E-state index in [1.807, 2.05) is 4.90 Å². The monoisotopic (exact) mass is 340 g/mol. The smallest absolute Gasteiger partial charge is 0.263 e. The zero-order valence-electron chi connectivity index (χ0n) is 15.5. The summed E-state index contributed by atoms with van der Waals surface area (Å²) in [6, 6.07) is 0.531. The number of hydrogen-bond donors (Lipinski definition) is 1. The van der Waals surface area contributed by atoms with E-state index in [0.29, 0.717) is 19.0 Å². The molecule has 0 aromatic rings. The number of likely N-dealkylation sites (tertiary alicyclic amines) is 1. The van der Waals surface area contributed by atoms with E-state index in [1.54, 1.807) is 0 Å². The van der Waals surface area contributed by atoms with E-state index in [0.717, 1.165) is 25.9 Å². The van der Waals surface area contributed by atoms with Crippen LogP contribution in [0, 0.1) is 0 Å². The topological polar surface area (TPSA) is 80.4 Å². The Labute approximate surface area is 145 Å². The number of hydrogen-bond acceptors (Lipinski definition) is 5. The second-order valence-corrected chi connectivity index (χ2v) is 7.60. The molecule has 0 bridgehead atoms. The number of piperidine rings is 1. The van der Waals surface area contributed by atoms with Crippen molar-refractivity contribution in [2.24, 2.45) is 10.9 Å².